The maximum Gasteiger partial charge on any atom is 0.245 e. The lowest BCUT2D eigenvalue weighted by molar-refractivity contribution is -0.133. The monoisotopic (exact) mass is 442 g/mol. The van der Waals surface area contributed by atoms with Gasteiger partial charge in [-0.3, -0.25) is 9.59 Å². The minimum absolute atomic E-state index is 0.127. The van der Waals surface area contributed by atoms with Gasteiger partial charge in [0.15, 0.2) is 0 Å². The molecule has 32 heavy (non-hydrogen) atoms. The van der Waals surface area contributed by atoms with Crippen LogP contribution in [0.25, 0.3) is 0 Å². The van der Waals surface area contributed by atoms with Gasteiger partial charge in [0, 0.05) is 6.04 Å². The first-order valence-electron chi connectivity index (χ1n) is 12.9. The van der Waals surface area contributed by atoms with Gasteiger partial charge in [0.05, 0.1) is 12.0 Å². The van der Waals surface area contributed by atoms with Crippen LogP contribution in [0.3, 0.4) is 0 Å². The van der Waals surface area contributed by atoms with Crippen molar-refractivity contribution in [3.63, 3.8) is 0 Å². The van der Waals surface area contributed by atoms with E-state index in [1.165, 1.54) is 44.9 Å². The van der Waals surface area contributed by atoms with Crippen LogP contribution in [0.15, 0.2) is 30.3 Å². The Morgan fingerprint density at radius 3 is 1.91 bits per heavy atom. The van der Waals surface area contributed by atoms with Crippen molar-refractivity contribution >= 4 is 11.8 Å². The van der Waals surface area contributed by atoms with E-state index in [0.717, 1.165) is 56.9 Å². The zero-order valence-electron chi connectivity index (χ0n) is 19.6. The molecule has 1 atom stereocenters. The van der Waals surface area contributed by atoms with Gasteiger partial charge >= 0.3 is 0 Å². The van der Waals surface area contributed by atoms with Gasteiger partial charge in [-0.25, -0.2) is 0 Å². The summed E-state index contributed by atoms with van der Waals surface area (Å²) in [7, 11) is 0. The number of benzene rings is 1. The van der Waals surface area contributed by atoms with Gasteiger partial charge < -0.3 is 15.7 Å². The lowest BCUT2D eigenvalue weighted by Gasteiger charge is -2.31. The van der Waals surface area contributed by atoms with Crippen molar-refractivity contribution < 1.29 is 14.7 Å². The predicted octanol–water partition coefficient (Wildman–Crippen LogP) is 4.77. The summed E-state index contributed by atoms with van der Waals surface area (Å²) < 4.78 is 0. The maximum absolute atomic E-state index is 13.4. The summed E-state index contributed by atoms with van der Waals surface area (Å²) in [6, 6.07) is 9.11. The standard InChI is InChI=1S/C27H42N2O3/c30-21-24(25(31)28-23-17-11-6-4-2-1-3-5-7-12-18-23)29-26(32)27(19-13-14-20-27)22-15-9-8-10-16-22/h8-10,15-16,23-24,30H,1-7,11-14,17-21H2,(H,28,31)(H,29,32)/t24-/m0/s1. The molecule has 5 heteroatoms. The first-order valence-corrected chi connectivity index (χ1v) is 12.9. The highest BCUT2D eigenvalue weighted by molar-refractivity contribution is 5.93. The average Bonchev–Trinajstić information content (AvgIpc) is 3.31. The summed E-state index contributed by atoms with van der Waals surface area (Å²) in [6.07, 6.45) is 16.7. The summed E-state index contributed by atoms with van der Waals surface area (Å²) in [5, 5.41) is 16.0. The fraction of sp³-hybridized carbons (Fsp3) is 0.704. The molecule has 1 aromatic rings. The van der Waals surface area contributed by atoms with E-state index >= 15 is 0 Å². The zero-order chi connectivity index (χ0) is 22.7. The van der Waals surface area contributed by atoms with Crippen molar-refractivity contribution in [2.45, 2.75) is 114 Å². The molecule has 178 valence electrons. The van der Waals surface area contributed by atoms with Gasteiger partial charge in [0.2, 0.25) is 11.8 Å². The average molecular weight is 443 g/mol. The maximum atomic E-state index is 13.4. The van der Waals surface area contributed by atoms with E-state index < -0.39 is 11.5 Å². The molecule has 2 aliphatic carbocycles. The van der Waals surface area contributed by atoms with Gasteiger partial charge in [-0.05, 0) is 31.2 Å². The Bertz CT molecular complexity index is 688. The molecule has 2 aliphatic rings. The van der Waals surface area contributed by atoms with Crippen molar-refractivity contribution in [3.8, 4) is 0 Å². The molecule has 0 spiro atoms. The second-order valence-electron chi connectivity index (χ2n) is 9.83. The van der Waals surface area contributed by atoms with Crippen molar-refractivity contribution in [1.29, 1.82) is 0 Å². The Labute approximate surface area is 193 Å². The Morgan fingerprint density at radius 1 is 0.844 bits per heavy atom. The highest BCUT2D eigenvalue weighted by atomic mass is 16.3. The Morgan fingerprint density at radius 2 is 1.38 bits per heavy atom. The van der Waals surface area contributed by atoms with Crippen LogP contribution in [0, 0.1) is 0 Å². The van der Waals surface area contributed by atoms with Crippen LogP contribution in [0.5, 0.6) is 0 Å². The van der Waals surface area contributed by atoms with Gasteiger partial charge in [-0.2, -0.15) is 0 Å². The summed E-state index contributed by atoms with van der Waals surface area (Å²) in [6.45, 7) is -0.380. The summed E-state index contributed by atoms with van der Waals surface area (Å²) >= 11 is 0. The number of rotatable bonds is 6. The molecule has 0 heterocycles. The largest absolute Gasteiger partial charge is 0.394 e. The third kappa shape index (κ3) is 6.81. The number of carbonyl (C=O) groups is 2. The fourth-order valence-corrected chi connectivity index (χ4v) is 5.48. The van der Waals surface area contributed by atoms with E-state index in [1.54, 1.807) is 0 Å². The molecular formula is C27H42N2O3. The molecule has 0 saturated heterocycles. The fourth-order valence-electron chi connectivity index (χ4n) is 5.48. The van der Waals surface area contributed by atoms with Crippen LogP contribution < -0.4 is 10.6 Å². The Balaban J connectivity index is 1.60. The molecule has 0 radical (unpaired) electrons. The topological polar surface area (TPSA) is 78.4 Å². The molecule has 0 aliphatic heterocycles. The van der Waals surface area contributed by atoms with Crippen molar-refractivity contribution in [3.05, 3.63) is 35.9 Å². The van der Waals surface area contributed by atoms with Crippen molar-refractivity contribution in [2.75, 3.05) is 6.61 Å². The first kappa shape index (κ1) is 24.8. The molecule has 0 unspecified atom stereocenters. The number of hydrogen-bond acceptors (Lipinski definition) is 3. The lowest BCUT2D eigenvalue weighted by Crippen LogP contribution is -2.55. The van der Waals surface area contributed by atoms with Crippen LogP contribution in [0.2, 0.25) is 0 Å². The minimum atomic E-state index is -0.898. The highest BCUT2D eigenvalue weighted by Crippen LogP contribution is 2.41. The second-order valence-corrected chi connectivity index (χ2v) is 9.83. The summed E-state index contributed by atoms with van der Waals surface area (Å²) in [4.78, 5) is 26.4. The summed E-state index contributed by atoms with van der Waals surface area (Å²) in [5.74, 6) is -0.381. The van der Waals surface area contributed by atoms with Gasteiger partial charge in [0.1, 0.15) is 6.04 Å². The minimum Gasteiger partial charge on any atom is -0.394 e. The molecule has 2 amide bonds. The number of amides is 2. The van der Waals surface area contributed by atoms with Crippen LogP contribution in [-0.2, 0) is 15.0 Å². The molecule has 2 saturated carbocycles. The van der Waals surface area contributed by atoms with Gasteiger partial charge in [-0.15, -0.1) is 0 Å². The molecular weight excluding hydrogens is 400 g/mol. The van der Waals surface area contributed by atoms with Crippen LogP contribution in [0.4, 0.5) is 0 Å². The van der Waals surface area contributed by atoms with Crippen molar-refractivity contribution in [1.82, 2.24) is 10.6 Å². The molecule has 3 rings (SSSR count). The Kier molecular flexibility index (Phi) is 10.0. The van der Waals surface area contributed by atoms with Crippen LogP contribution >= 0.6 is 0 Å². The van der Waals surface area contributed by atoms with E-state index in [4.69, 9.17) is 0 Å². The van der Waals surface area contributed by atoms with Gasteiger partial charge in [0.25, 0.3) is 0 Å². The smallest absolute Gasteiger partial charge is 0.245 e. The summed E-state index contributed by atoms with van der Waals surface area (Å²) in [5.41, 5.74) is 0.411. The van der Waals surface area contributed by atoms with Crippen molar-refractivity contribution in [2.24, 2.45) is 0 Å². The SMILES string of the molecule is O=C(NC1CCCCCCCCCCC1)[C@H](CO)NC(=O)C1(c2ccccc2)CCCC1. The molecule has 3 N–H and O–H groups in total. The third-order valence-electron chi connectivity index (χ3n) is 7.47. The molecule has 5 nitrogen and oxygen atoms in total. The lowest BCUT2D eigenvalue weighted by atomic mass is 9.78. The number of hydrogen-bond donors (Lipinski definition) is 3. The normalized spacial score (nSPS) is 21.7. The molecule has 0 aromatic heterocycles. The first-order chi connectivity index (χ1) is 15.7. The second kappa shape index (κ2) is 13.0. The third-order valence-corrected chi connectivity index (χ3v) is 7.47. The Hall–Kier alpha value is -1.88. The zero-order valence-corrected chi connectivity index (χ0v) is 19.6. The van der Waals surface area contributed by atoms with E-state index in [9.17, 15) is 14.7 Å². The van der Waals surface area contributed by atoms with E-state index in [2.05, 4.69) is 10.6 Å². The predicted molar refractivity (Wildman–Crippen MR) is 128 cm³/mol. The van der Waals surface area contributed by atoms with Crippen LogP contribution in [0.1, 0.15) is 102 Å². The highest BCUT2D eigenvalue weighted by Gasteiger charge is 2.43. The van der Waals surface area contributed by atoms with Crippen LogP contribution in [-0.4, -0.2) is 35.6 Å². The number of carbonyl (C=O) groups excluding carboxylic acids is 2. The number of aliphatic hydroxyl groups is 1. The van der Waals surface area contributed by atoms with E-state index in [1.807, 2.05) is 30.3 Å². The number of aliphatic hydroxyl groups excluding tert-OH is 1. The molecule has 2 fully saturated rings. The number of nitrogens with one attached hydrogen (secondary N) is 2. The van der Waals surface area contributed by atoms with E-state index in [0.29, 0.717) is 0 Å². The van der Waals surface area contributed by atoms with E-state index in [-0.39, 0.29) is 24.5 Å². The molecule has 1 aromatic carbocycles. The molecule has 0 bridgehead atoms. The quantitative estimate of drug-likeness (QED) is 0.594. The van der Waals surface area contributed by atoms with Gasteiger partial charge in [-0.1, -0.05) is 101 Å².